The van der Waals surface area contributed by atoms with E-state index in [4.69, 9.17) is 11.6 Å². The third kappa shape index (κ3) is 2.05. The van der Waals surface area contributed by atoms with Crippen LogP contribution >= 0.6 is 11.6 Å². The van der Waals surface area contributed by atoms with Crippen LogP contribution in [-0.2, 0) is 0 Å². The average molecular weight is 308 g/mol. The molecule has 0 saturated heterocycles. The summed E-state index contributed by atoms with van der Waals surface area (Å²) in [6.45, 7) is 0. The molecule has 0 radical (unpaired) electrons. The molecular formula is C17H10ClN3O. The summed E-state index contributed by atoms with van der Waals surface area (Å²) in [7, 11) is 0. The maximum atomic E-state index is 12.5. The number of ketones is 1. The van der Waals surface area contributed by atoms with Crippen LogP contribution in [0.5, 0.6) is 0 Å². The highest BCUT2D eigenvalue weighted by molar-refractivity contribution is 6.30. The molecule has 0 saturated carbocycles. The molecule has 0 aliphatic heterocycles. The molecule has 106 valence electrons. The molecule has 2 aromatic heterocycles. The van der Waals surface area contributed by atoms with E-state index in [9.17, 15) is 4.79 Å². The van der Waals surface area contributed by atoms with Crippen LogP contribution in [-0.4, -0.2) is 20.7 Å². The lowest BCUT2D eigenvalue weighted by Crippen LogP contribution is -2.03. The number of nitrogens with zero attached hydrogens (tertiary/aromatic N) is 2. The summed E-state index contributed by atoms with van der Waals surface area (Å²) in [6, 6.07) is 14.5. The van der Waals surface area contributed by atoms with Crippen LogP contribution in [0.4, 0.5) is 0 Å². The van der Waals surface area contributed by atoms with E-state index in [0.29, 0.717) is 16.4 Å². The zero-order valence-corrected chi connectivity index (χ0v) is 12.1. The van der Waals surface area contributed by atoms with Crippen LogP contribution in [0.15, 0.2) is 54.7 Å². The average Bonchev–Trinajstić information content (AvgIpc) is 2.99. The van der Waals surface area contributed by atoms with Gasteiger partial charge in [0.05, 0.1) is 17.2 Å². The quantitative estimate of drug-likeness (QED) is 0.569. The lowest BCUT2D eigenvalue weighted by atomic mass is 10.1. The first-order valence-corrected chi connectivity index (χ1v) is 7.14. The van der Waals surface area contributed by atoms with Crippen molar-refractivity contribution in [3.05, 3.63) is 71.1 Å². The Bertz CT molecular complexity index is 1010. The molecule has 2 aromatic carbocycles. The first kappa shape index (κ1) is 13.0. The molecule has 0 amide bonds. The third-order valence-electron chi connectivity index (χ3n) is 3.55. The fourth-order valence-electron chi connectivity index (χ4n) is 2.45. The number of rotatable bonds is 2. The number of fused-ring (bicyclic) bond motifs is 3. The van der Waals surface area contributed by atoms with Gasteiger partial charge in [0.25, 0.3) is 0 Å². The summed E-state index contributed by atoms with van der Waals surface area (Å²) in [5.41, 5.74) is 2.90. The molecule has 4 aromatic rings. The number of carbonyl (C=O) groups is 1. The van der Waals surface area contributed by atoms with Gasteiger partial charge in [0.1, 0.15) is 5.52 Å². The molecule has 0 unspecified atom stereocenters. The predicted octanol–water partition coefficient (Wildman–Crippen LogP) is 4.00. The number of halogens is 1. The topological polar surface area (TPSA) is 58.6 Å². The summed E-state index contributed by atoms with van der Waals surface area (Å²) >= 11 is 5.85. The molecule has 0 aliphatic carbocycles. The minimum Gasteiger partial charge on any atom is -0.334 e. The monoisotopic (exact) mass is 307 g/mol. The number of aromatic nitrogens is 3. The maximum Gasteiger partial charge on any atom is 0.228 e. The molecule has 0 spiro atoms. The van der Waals surface area contributed by atoms with Crippen molar-refractivity contribution in [2.45, 2.75) is 0 Å². The molecule has 5 heteroatoms. The minimum absolute atomic E-state index is 0.169. The normalized spacial score (nSPS) is 11.1. The molecule has 4 rings (SSSR count). The van der Waals surface area contributed by atoms with E-state index in [1.165, 1.54) is 0 Å². The first-order valence-electron chi connectivity index (χ1n) is 6.76. The van der Waals surface area contributed by atoms with Crippen LogP contribution in [0.3, 0.4) is 0 Å². The van der Waals surface area contributed by atoms with E-state index in [1.807, 2.05) is 24.3 Å². The van der Waals surface area contributed by atoms with E-state index in [2.05, 4.69) is 15.0 Å². The Morgan fingerprint density at radius 1 is 1.05 bits per heavy atom. The number of carbonyl (C=O) groups excluding carboxylic acids is 1. The first-order chi connectivity index (χ1) is 10.7. The van der Waals surface area contributed by atoms with Crippen LogP contribution in [0.1, 0.15) is 16.2 Å². The summed E-state index contributed by atoms with van der Waals surface area (Å²) in [5.74, 6) is 0.132. The Morgan fingerprint density at radius 3 is 2.64 bits per heavy atom. The maximum absolute atomic E-state index is 12.5. The molecule has 4 nitrogen and oxygen atoms in total. The number of H-pyrrole nitrogens is 1. The van der Waals surface area contributed by atoms with Gasteiger partial charge in [-0.3, -0.25) is 9.78 Å². The van der Waals surface area contributed by atoms with Gasteiger partial charge in [-0.2, -0.15) is 0 Å². The SMILES string of the molecule is O=C(c1ccc(Cl)cc1)c1nc2c(cnc3ccccc32)[nH]1. The van der Waals surface area contributed by atoms with Crippen LogP contribution in [0, 0.1) is 0 Å². The Hall–Kier alpha value is -2.72. The lowest BCUT2D eigenvalue weighted by Gasteiger charge is -1.97. The number of hydrogen-bond donors (Lipinski definition) is 1. The van der Waals surface area contributed by atoms with Gasteiger partial charge in [-0.05, 0) is 30.3 Å². The van der Waals surface area contributed by atoms with Gasteiger partial charge in [-0.25, -0.2) is 4.98 Å². The van der Waals surface area contributed by atoms with Crippen LogP contribution in [0.25, 0.3) is 21.9 Å². The van der Waals surface area contributed by atoms with E-state index in [1.54, 1.807) is 30.5 Å². The largest absolute Gasteiger partial charge is 0.334 e. The Balaban J connectivity index is 1.87. The van der Waals surface area contributed by atoms with Crippen LogP contribution in [0.2, 0.25) is 5.02 Å². The van der Waals surface area contributed by atoms with Crippen molar-refractivity contribution < 1.29 is 4.79 Å². The van der Waals surface area contributed by atoms with Crippen molar-refractivity contribution in [3.8, 4) is 0 Å². The number of pyridine rings is 1. The standard InChI is InChI=1S/C17H10ClN3O/c18-11-7-5-10(6-8-11)16(22)17-20-14-9-19-13-4-2-1-3-12(13)15(14)21-17/h1-9H,(H,20,21). The Kier molecular flexibility index (Phi) is 2.91. The molecular weight excluding hydrogens is 298 g/mol. The van der Waals surface area contributed by atoms with Crippen molar-refractivity contribution in [3.63, 3.8) is 0 Å². The number of para-hydroxylation sites is 1. The fraction of sp³-hybridized carbons (Fsp3) is 0. The van der Waals surface area contributed by atoms with Gasteiger partial charge >= 0.3 is 0 Å². The van der Waals surface area contributed by atoms with Gasteiger partial charge in [-0.15, -0.1) is 0 Å². The van der Waals surface area contributed by atoms with Gasteiger partial charge in [0, 0.05) is 16.0 Å². The van der Waals surface area contributed by atoms with Crippen molar-refractivity contribution >= 4 is 39.3 Å². The molecule has 1 N–H and O–H groups in total. The van der Waals surface area contributed by atoms with Crippen molar-refractivity contribution in [1.82, 2.24) is 15.0 Å². The molecule has 0 atom stereocenters. The highest BCUT2D eigenvalue weighted by atomic mass is 35.5. The second kappa shape index (κ2) is 4.93. The molecule has 0 fully saturated rings. The van der Waals surface area contributed by atoms with Gasteiger partial charge in [-0.1, -0.05) is 29.8 Å². The zero-order valence-electron chi connectivity index (χ0n) is 11.4. The summed E-state index contributed by atoms with van der Waals surface area (Å²) < 4.78 is 0. The van der Waals surface area contributed by atoms with Gasteiger partial charge < -0.3 is 4.98 Å². The molecule has 0 aliphatic rings. The third-order valence-corrected chi connectivity index (χ3v) is 3.80. The predicted molar refractivity (Wildman–Crippen MR) is 86.3 cm³/mol. The van der Waals surface area contributed by atoms with Crippen molar-refractivity contribution in [2.24, 2.45) is 0 Å². The second-order valence-electron chi connectivity index (χ2n) is 4.96. The number of hydrogen-bond acceptors (Lipinski definition) is 3. The van der Waals surface area contributed by atoms with E-state index in [0.717, 1.165) is 21.9 Å². The highest BCUT2D eigenvalue weighted by Gasteiger charge is 2.15. The number of imidazole rings is 1. The van der Waals surface area contributed by atoms with E-state index >= 15 is 0 Å². The summed E-state index contributed by atoms with van der Waals surface area (Å²) in [4.78, 5) is 24.4. The fourth-order valence-corrected chi connectivity index (χ4v) is 2.58. The van der Waals surface area contributed by atoms with E-state index < -0.39 is 0 Å². The Morgan fingerprint density at radius 2 is 1.82 bits per heavy atom. The highest BCUT2D eigenvalue weighted by Crippen LogP contribution is 2.22. The molecule has 2 heterocycles. The number of aromatic amines is 1. The second-order valence-corrected chi connectivity index (χ2v) is 5.40. The minimum atomic E-state index is -0.169. The van der Waals surface area contributed by atoms with Crippen molar-refractivity contribution in [2.75, 3.05) is 0 Å². The van der Waals surface area contributed by atoms with E-state index in [-0.39, 0.29) is 5.78 Å². The van der Waals surface area contributed by atoms with Gasteiger partial charge in [0.2, 0.25) is 5.78 Å². The number of benzene rings is 2. The lowest BCUT2D eigenvalue weighted by molar-refractivity contribution is 0.103. The van der Waals surface area contributed by atoms with Crippen molar-refractivity contribution in [1.29, 1.82) is 0 Å². The van der Waals surface area contributed by atoms with Gasteiger partial charge in [0.15, 0.2) is 5.82 Å². The molecule has 22 heavy (non-hydrogen) atoms. The zero-order chi connectivity index (χ0) is 15.1. The molecule has 0 bridgehead atoms. The summed E-state index contributed by atoms with van der Waals surface area (Å²) in [6.07, 6.45) is 1.70. The van der Waals surface area contributed by atoms with Crippen LogP contribution < -0.4 is 0 Å². The number of nitrogens with one attached hydrogen (secondary N) is 1. The Labute approximate surface area is 130 Å². The smallest absolute Gasteiger partial charge is 0.228 e. The summed E-state index contributed by atoms with van der Waals surface area (Å²) in [5, 5.41) is 1.52.